The van der Waals surface area contributed by atoms with Crippen molar-refractivity contribution in [2.45, 2.75) is 6.92 Å². The van der Waals surface area contributed by atoms with Crippen LogP contribution in [0.5, 0.6) is 0 Å². The molecule has 3 rings (SSSR count). The maximum Gasteiger partial charge on any atom is 0.223 e. The lowest BCUT2D eigenvalue weighted by atomic mass is 10.3. The molecule has 0 aliphatic rings. The van der Waals surface area contributed by atoms with Crippen LogP contribution in [0.3, 0.4) is 0 Å². The lowest BCUT2D eigenvalue weighted by Gasteiger charge is -2.09. The van der Waals surface area contributed by atoms with E-state index in [2.05, 4.69) is 31.2 Å². The molecular weight excluding hydrogens is 343 g/mol. The highest BCUT2D eigenvalue weighted by Gasteiger charge is 2.11. The summed E-state index contributed by atoms with van der Waals surface area (Å²) < 4.78 is 13.7. The van der Waals surface area contributed by atoms with E-state index in [0.29, 0.717) is 10.3 Å². The van der Waals surface area contributed by atoms with Crippen molar-refractivity contribution in [3.05, 3.63) is 39.4 Å². The largest absolute Gasteiger partial charge is 0.368 e. The Bertz CT molecular complexity index is 802. The van der Waals surface area contributed by atoms with Gasteiger partial charge in [0, 0.05) is 9.35 Å². The van der Waals surface area contributed by atoms with Crippen molar-refractivity contribution in [3.63, 3.8) is 0 Å². The van der Waals surface area contributed by atoms with Crippen molar-refractivity contribution in [2.24, 2.45) is 0 Å². The number of anilines is 3. The van der Waals surface area contributed by atoms with Crippen molar-refractivity contribution >= 4 is 54.9 Å². The molecule has 2 heterocycles. The topological polar surface area (TPSA) is 63.8 Å². The van der Waals surface area contributed by atoms with E-state index in [1.807, 2.05) is 13.0 Å². The van der Waals surface area contributed by atoms with Gasteiger partial charge in [0.1, 0.15) is 16.5 Å². The summed E-state index contributed by atoms with van der Waals surface area (Å²) in [5.74, 6) is 0.519. The molecule has 1 aromatic carbocycles. The van der Waals surface area contributed by atoms with Crippen molar-refractivity contribution < 1.29 is 4.39 Å². The number of hydrogen-bond donors (Lipinski definition) is 2. The molecule has 102 valence electrons. The molecule has 3 aromatic rings. The minimum atomic E-state index is -0.304. The van der Waals surface area contributed by atoms with Gasteiger partial charge in [-0.05, 0) is 47.1 Å². The van der Waals surface area contributed by atoms with E-state index >= 15 is 0 Å². The van der Waals surface area contributed by atoms with Crippen LogP contribution < -0.4 is 11.1 Å². The summed E-state index contributed by atoms with van der Waals surface area (Å²) in [6, 6.07) is 6.42. The van der Waals surface area contributed by atoms with Gasteiger partial charge in [-0.25, -0.2) is 9.37 Å². The van der Waals surface area contributed by atoms with Gasteiger partial charge in [-0.15, -0.1) is 11.3 Å². The van der Waals surface area contributed by atoms with Crippen molar-refractivity contribution in [3.8, 4) is 0 Å². The Morgan fingerprint density at radius 1 is 1.30 bits per heavy atom. The van der Waals surface area contributed by atoms with Gasteiger partial charge in [-0.1, -0.05) is 0 Å². The summed E-state index contributed by atoms with van der Waals surface area (Å²) in [5, 5.41) is 4.06. The minimum absolute atomic E-state index is 0.208. The van der Waals surface area contributed by atoms with Crippen LogP contribution >= 0.6 is 27.3 Å². The minimum Gasteiger partial charge on any atom is -0.368 e. The van der Waals surface area contributed by atoms with E-state index in [-0.39, 0.29) is 11.8 Å². The SMILES string of the molecule is Cc1cc2c(Nc3ccc(F)cc3Br)nc(N)nc2s1. The quantitative estimate of drug-likeness (QED) is 0.724. The van der Waals surface area contributed by atoms with Gasteiger partial charge < -0.3 is 11.1 Å². The maximum absolute atomic E-state index is 13.1. The molecule has 3 N–H and O–H groups in total. The van der Waals surface area contributed by atoms with E-state index in [9.17, 15) is 4.39 Å². The number of rotatable bonds is 2. The van der Waals surface area contributed by atoms with E-state index < -0.39 is 0 Å². The number of aromatic nitrogens is 2. The molecule has 0 fully saturated rings. The van der Waals surface area contributed by atoms with Gasteiger partial charge in [0.05, 0.1) is 11.1 Å². The van der Waals surface area contributed by atoms with Crippen LogP contribution in [-0.2, 0) is 0 Å². The highest BCUT2D eigenvalue weighted by atomic mass is 79.9. The fraction of sp³-hybridized carbons (Fsp3) is 0.0769. The lowest BCUT2D eigenvalue weighted by molar-refractivity contribution is 0.627. The molecule has 0 saturated heterocycles. The number of nitrogens with one attached hydrogen (secondary N) is 1. The van der Waals surface area contributed by atoms with Gasteiger partial charge in [-0.2, -0.15) is 4.98 Å². The first-order valence-corrected chi connectivity index (χ1v) is 7.39. The normalized spacial score (nSPS) is 10.9. The van der Waals surface area contributed by atoms with Crippen LogP contribution in [0.25, 0.3) is 10.2 Å². The van der Waals surface area contributed by atoms with Crippen LogP contribution in [0.15, 0.2) is 28.7 Å². The molecule has 0 bridgehead atoms. The third kappa shape index (κ3) is 2.46. The Kier molecular flexibility index (Phi) is 3.31. The second-order valence-electron chi connectivity index (χ2n) is 4.26. The summed E-state index contributed by atoms with van der Waals surface area (Å²) in [6.45, 7) is 2.00. The van der Waals surface area contributed by atoms with Gasteiger partial charge in [0.2, 0.25) is 5.95 Å². The van der Waals surface area contributed by atoms with E-state index in [1.54, 1.807) is 17.4 Å². The Morgan fingerprint density at radius 3 is 2.85 bits per heavy atom. The van der Waals surface area contributed by atoms with Gasteiger partial charge in [0.15, 0.2) is 0 Å². The predicted molar refractivity (Wildman–Crippen MR) is 83.9 cm³/mol. The van der Waals surface area contributed by atoms with E-state index in [1.165, 1.54) is 12.1 Å². The molecule has 0 atom stereocenters. The highest BCUT2D eigenvalue weighted by molar-refractivity contribution is 9.10. The standard InChI is InChI=1S/C13H10BrFN4S/c1-6-4-8-11(18-13(16)19-12(8)20-6)17-10-3-2-7(15)5-9(10)14/h2-5H,1H3,(H3,16,17,18,19). The van der Waals surface area contributed by atoms with Crippen LogP contribution in [0.4, 0.5) is 21.8 Å². The van der Waals surface area contributed by atoms with Gasteiger partial charge in [0.25, 0.3) is 0 Å². The van der Waals surface area contributed by atoms with Crippen LogP contribution in [-0.4, -0.2) is 9.97 Å². The Labute approximate surface area is 127 Å². The zero-order chi connectivity index (χ0) is 14.3. The summed E-state index contributed by atoms with van der Waals surface area (Å²) in [5.41, 5.74) is 6.44. The molecule has 0 radical (unpaired) electrons. The van der Waals surface area contributed by atoms with Crippen molar-refractivity contribution in [1.82, 2.24) is 9.97 Å². The Morgan fingerprint density at radius 2 is 2.10 bits per heavy atom. The number of thiophene rings is 1. The number of benzene rings is 1. The number of hydrogen-bond acceptors (Lipinski definition) is 5. The van der Waals surface area contributed by atoms with Crippen LogP contribution in [0, 0.1) is 12.7 Å². The zero-order valence-electron chi connectivity index (χ0n) is 10.4. The first kappa shape index (κ1) is 13.3. The molecule has 0 aliphatic heterocycles. The lowest BCUT2D eigenvalue weighted by Crippen LogP contribution is -2.00. The summed E-state index contributed by atoms with van der Waals surface area (Å²) in [4.78, 5) is 10.4. The Balaban J connectivity index is 2.10. The number of aryl methyl sites for hydroxylation is 1. The number of nitrogens with two attached hydrogens (primary N) is 1. The molecular formula is C13H10BrFN4S. The maximum atomic E-state index is 13.1. The molecule has 7 heteroatoms. The van der Waals surface area contributed by atoms with E-state index in [0.717, 1.165) is 20.8 Å². The number of fused-ring (bicyclic) bond motifs is 1. The van der Waals surface area contributed by atoms with E-state index in [4.69, 9.17) is 5.73 Å². The molecule has 0 amide bonds. The van der Waals surface area contributed by atoms with Crippen molar-refractivity contribution in [2.75, 3.05) is 11.1 Å². The first-order chi connectivity index (χ1) is 9.52. The third-order valence-electron chi connectivity index (χ3n) is 2.72. The fourth-order valence-corrected chi connectivity index (χ4v) is 3.21. The molecule has 4 nitrogen and oxygen atoms in total. The summed E-state index contributed by atoms with van der Waals surface area (Å²) >= 11 is 4.87. The molecule has 0 aliphatic carbocycles. The number of halogens is 2. The van der Waals surface area contributed by atoms with Crippen molar-refractivity contribution in [1.29, 1.82) is 0 Å². The molecule has 20 heavy (non-hydrogen) atoms. The second kappa shape index (κ2) is 4.99. The third-order valence-corrected chi connectivity index (χ3v) is 4.32. The van der Waals surface area contributed by atoms with Gasteiger partial charge >= 0.3 is 0 Å². The molecule has 0 unspecified atom stereocenters. The Hall–Kier alpha value is -1.73. The summed E-state index contributed by atoms with van der Waals surface area (Å²) in [7, 11) is 0. The average molecular weight is 353 g/mol. The monoisotopic (exact) mass is 352 g/mol. The van der Waals surface area contributed by atoms with Crippen LogP contribution in [0.2, 0.25) is 0 Å². The molecule has 0 spiro atoms. The fourth-order valence-electron chi connectivity index (χ4n) is 1.87. The molecule has 2 aromatic heterocycles. The first-order valence-electron chi connectivity index (χ1n) is 5.78. The zero-order valence-corrected chi connectivity index (χ0v) is 12.8. The summed E-state index contributed by atoms with van der Waals surface area (Å²) in [6.07, 6.45) is 0. The van der Waals surface area contributed by atoms with Crippen LogP contribution in [0.1, 0.15) is 4.88 Å². The highest BCUT2D eigenvalue weighted by Crippen LogP contribution is 2.33. The predicted octanol–water partition coefficient (Wildman–Crippen LogP) is 4.23. The number of nitrogen functional groups attached to an aromatic ring is 1. The average Bonchev–Trinajstić information content (AvgIpc) is 2.73. The molecule has 0 saturated carbocycles. The van der Waals surface area contributed by atoms with Gasteiger partial charge in [-0.3, -0.25) is 0 Å². The number of nitrogens with zero attached hydrogens (tertiary/aromatic N) is 2. The second-order valence-corrected chi connectivity index (χ2v) is 6.34. The smallest absolute Gasteiger partial charge is 0.223 e.